The minimum atomic E-state index is -0.598. The monoisotopic (exact) mass is 389 g/mol. The van der Waals surface area contributed by atoms with E-state index in [4.69, 9.17) is 14.2 Å². The fraction of sp³-hybridized carbons (Fsp3) is 0.316. The van der Waals surface area contributed by atoms with Gasteiger partial charge in [-0.1, -0.05) is 12.1 Å². The molecule has 142 valence electrons. The maximum Gasteiger partial charge on any atom is 0.341 e. The molecule has 2 aromatic rings. The molecule has 1 atom stereocenters. The van der Waals surface area contributed by atoms with Crippen molar-refractivity contribution in [1.29, 1.82) is 0 Å². The van der Waals surface area contributed by atoms with Crippen molar-refractivity contribution < 1.29 is 28.6 Å². The number of methoxy groups -OCH3 is 3. The van der Waals surface area contributed by atoms with Crippen molar-refractivity contribution in [3.05, 3.63) is 45.8 Å². The Morgan fingerprint density at radius 3 is 2.52 bits per heavy atom. The largest absolute Gasteiger partial charge is 0.496 e. The Bertz CT molecular complexity index is 904. The third kappa shape index (κ3) is 3.40. The second kappa shape index (κ2) is 7.79. The average Bonchev–Trinajstić information content (AvgIpc) is 3.25. The van der Waals surface area contributed by atoms with E-state index in [9.17, 15) is 14.4 Å². The predicted molar refractivity (Wildman–Crippen MR) is 99.7 cm³/mol. The third-order valence-electron chi connectivity index (χ3n) is 4.48. The van der Waals surface area contributed by atoms with Gasteiger partial charge < -0.3 is 19.5 Å². The van der Waals surface area contributed by atoms with Gasteiger partial charge >= 0.3 is 11.9 Å². The highest BCUT2D eigenvalue weighted by molar-refractivity contribution is 7.17. The van der Waals surface area contributed by atoms with Crippen molar-refractivity contribution in [2.24, 2.45) is 0 Å². The van der Waals surface area contributed by atoms with Crippen molar-refractivity contribution in [2.75, 3.05) is 26.6 Å². The molecule has 3 rings (SSSR count). The Balaban J connectivity index is 2.00. The van der Waals surface area contributed by atoms with Gasteiger partial charge in [-0.05, 0) is 30.5 Å². The lowest BCUT2D eigenvalue weighted by atomic mass is 9.99. The van der Waals surface area contributed by atoms with E-state index in [1.807, 2.05) is 0 Å². The van der Waals surface area contributed by atoms with Crippen molar-refractivity contribution >= 4 is 34.2 Å². The number of hydrogen-bond donors (Lipinski definition) is 1. The van der Waals surface area contributed by atoms with E-state index in [0.717, 1.165) is 4.88 Å². The summed E-state index contributed by atoms with van der Waals surface area (Å²) in [4.78, 5) is 38.1. The van der Waals surface area contributed by atoms with Gasteiger partial charge in [0.2, 0.25) is 0 Å². The van der Waals surface area contributed by atoms with Crippen LogP contribution in [0.5, 0.6) is 5.75 Å². The van der Waals surface area contributed by atoms with Gasteiger partial charge in [-0.15, -0.1) is 11.3 Å². The number of anilines is 1. The number of esters is 2. The Kier molecular flexibility index (Phi) is 5.46. The second-order valence-electron chi connectivity index (χ2n) is 5.90. The summed E-state index contributed by atoms with van der Waals surface area (Å²) in [5, 5.41) is 3.13. The summed E-state index contributed by atoms with van der Waals surface area (Å²) in [5.41, 5.74) is 1.15. The highest BCUT2D eigenvalue weighted by Crippen LogP contribution is 2.46. The molecule has 0 spiro atoms. The minimum Gasteiger partial charge on any atom is -0.496 e. The molecular formula is C19H19NO6S. The lowest BCUT2D eigenvalue weighted by Crippen LogP contribution is -2.18. The lowest BCUT2D eigenvalue weighted by molar-refractivity contribution is -0.142. The molecule has 1 amide bonds. The van der Waals surface area contributed by atoms with E-state index in [1.54, 1.807) is 24.3 Å². The van der Waals surface area contributed by atoms with Crippen LogP contribution in [0, 0.1) is 0 Å². The number of amides is 1. The molecule has 1 aromatic carbocycles. The molecule has 0 unspecified atom stereocenters. The molecule has 1 N–H and O–H groups in total. The molecule has 7 nitrogen and oxygen atoms in total. The Hall–Kier alpha value is -2.87. The Morgan fingerprint density at radius 1 is 1.11 bits per heavy atom. The van der Waals surface area contributed by atoms with Crippen molar-refractivity contribution in [3.8, 4) is 5.75 Å². The number of benzene rings is 1. The summed E-state index contributed by atoms with van der Waals surface area (Å²) in [7, 11) is 4.06. The van der Waals surface area contributed by atoms with Crippen LogP contribution >= 0.6 is 11.3 Å². The van der Waals surface area contributed by atoms with Gasteiger partial charge in [-0.25, -0.2) is 4.79 Å². The van der Waals surface area contributed by atoms with Crippen molar-refractivity contribution in [3.63, 3.8) is 0 Å². The molecule has 1 aliphatic rings. The van der Waals surface area contributed by atoms with Crippen LogP contribution in [-0.4, -0.2) is 39.2 Å². The van der Waals surface area contributed by atoms with Crippen molar-refractivity contribution in [2.45, 2.75) is 18.8 Å². The SMILES string of the molecule is COC(=O)c1c(NC(=O)c2ccccc2OC)sc2c1[C@@H](C(=O)OC)CC2. The molecule has 27 heavy (non-hydrogen) atoms. The van der Waals surface area contributed by atoms with E-state index >= 15 is 0 Å². The van der Waals surface area contributed by atoms with Gasteiger partial charge in [0.15, 0.2) is 0 Å². The fourth-order valence-electron chi connectivity index (χ4n) is 3.24. The zero-order chi connectivity index (χ0) is 19.6. The van der Waals surface area contributed by atoms with Gasteiger partial charge in [0.05, 0.1) is 38.4 Å². The Morgan fingerprint density at radius 2 is 1.85 bits per heavy atom. The van der Waals surface area contributed by atoms with Crippen LogP contribution in [0.4, 0.5) is 5.00 Å². The number of rotatable bonds is 5. The molecule has 0 fully saturated rings. The van der Waals surface area contributed by atoms with E-state index in [2.05, 4.69) is 5.32 Å². The Labute approximate surface area is 160 Å². The zero-order valence-corrected chi connectivity index (χ0v) is 16.0. The highest BCUT2D eigenvalue weighted by atomic mass is 32.1. The van der Waals surface area contributed by atoms with Crippen LogP contribution in [0.2, 0.25) is 0 Å². The standard InChI is InChI=1S/C19H19NO6S/c1-24-12-7-5-4-6-10(12)16(21)20-17-15(19(23)26-3)14-11(18(22)25-2)8-9-13(14)27-17/h4-7,11H,8-9H2,1-3H3,(H,20,21)/t11-/m0/s1. The maximum atomic E-state index is 12.7. The van der Waals surface area contributed by atoms with Crippen LogP contribution in [0.1, 0.15) is 43.5 Å². The molecule has 0 radical (unpaired) electrons. The molecule has 1 aromatic heterocycles. The number of carbonyl (C=O) groups is 3. The molecule has 0 bridgehead atoms. The van der Waals surface area contributed by atoms with E-state index < -0.39 is 23.8 Å². The van der Waals surface area contributed by atoms with Crippen LogP contribution in [0.3, 0.4) is 0 Å². The second-order valence-corrected chi connectivity index (χ2v) is 7.01. The fourth-order valence-corrected chi connectivity index (χ4v) is 4.50. The summed E-state index contributed by atoms with van der Waals surface area (Å²) < 4.78 is 15.0. The molecule has 0 aliphatic heterocycles. The number of carbonyl (C=O) groups excluding carboxylic acids is 3. The van der Waals surface area contributed by atoms with Gasteiger partial charge in [0.25, 0.3) is 5.91 Å². The number of nitrogens with one attached hydrogen (secondary N) is 1. The van der Waals surface area contributed by atoms with Crippen LogP contribution in [0.15, 0.2) is 24.3 Å². The highest BCUT2D eigenvalue weighted by Gasteiger charge is 2.38. The van der Waals surface area contributed by atoms with Crippen LogP contribution < -0.4 is 10.1 Å². The lowest BCUT2D eigenvalue weighted by Gasteiger charge is -2.12. The number of aryl methyl sites for hydroxylation is 1. The van der Waals surface area contributed by atoms with E-state index in [1.165, 1.54) is 32.7 Å². The molecule has 1 aliphatic carbocycles. The normalized spacial score (nSPS) is 15.0. The predicted octanol–water partition coefficient (Wildman–Crippen LogP) is 3.00. The first-order valence-corrected chi connectivity index (χ1v) is 9.09. The number of hydrogen-bond acceptors (Lipinski definition) is 7. The number of thiophene rings is 1. The maximum absolute atomic E-state index is 12.7. The third-order valence-corrected chi connectivity index (χ3v) is 5.67. The first-order chi connectivity index (χ1) is 13.0. The molecule has 8 heteroatoms. The minimum absolute atomic E-state index is 0.216. The van der Waals surface area contributed by atoms with Gasteiger partial charge in [-0.2, -0.15) is 0 Å². The quantitative estimate of drug-likeness (QED) is 0.791. The number of fused-ring (bicyclic) bond motifs is 1. The van der Waals surface area contributed by atoms with Crippen LogP contribution in [-0.2, 0) is 20.7 Å². The first-order valence-electron chi connectivity index (χ1n) is 8.27. The van der Waals surface area contributed by atoms with Gasteiger partial charge in [0.1, 0.15) is 10.8 Å². The molecule has 0 saturated heterocycles. The zero-order valence-electron chi connectivity index (χ0n) is 15.2. The molecule has 1 heterocycles. The average molecular weight is 389 g/mol. The summed E-state index contributed by atoms with van der Waals surface area (Å²) in [6.45, 7) is 0. The number of para-hydroxylation sites is 1. The van der Waals surface area contributed by atoms with E-state index in [-0.39, 0.29) is 5.56 Å². The van der Waals surface area contributed by atoms with Gasteiger partial charge in [-0.3, -0.25) is 9.59 Å². The summed E-state index contributed by atoms with van der Waals surface area (Å²) >= 11 is 1.28. The first kappa shape index (κ1) is 18.9. The van der Waals surface area contributed by atoms with Gasteiger partial charge in [0, 0.05) is 4.88 Å². The topological polar surface area (TPSA) is 90.9 Å². The summed E-state index contributed by atoms with van der Waals surface area (Å²) in [6.07, 6.45) is 1.20. The molecular weight excluding hydrogens is 370 g/mol. The van der Waals surface area contributed by atoms with E-state index in [0.29, 0.717) is 34.7 Å². The smallest absolute Gasteiger partial charge is 0.341 e. The number of ether oxygens (including phenoxy) is 3. The van der Waals surface area contributed by atoms with Crippen molar-refractivity contribution in [1.82, 2.24) is 0 Å². The molecule has 0 saturated carbocycles. The summed E-state index contributed by atoms with van der Waals surface area (Å²) in [5.74, 6) is -1.52. The van der Waals surface area contributed by atoms with Crippen LogP contribution in [0.25, 0.3) is 0 Å². The summed E-state index contributed by atoms with van der Waals surface area (Å²) in [6, 6.07) is 6.79.